The summed E-state index contributed by atoms with van der Waals surface area (Å²) in [5.74, 6) is 0.149. The Morgan fingerprint density at radius 2 is 1.86 bits per heavy atom. The summed E-state index contributed by atoms with van der Waals surface area (Å²) < 4.78 is 10.4. The third kappa shape index (κ3) is 6.77. The van der Waals surface area contributed by atoms with Gasteiger partial charge in [0.05, 0.1) is 13.5 Å². The van der Waals surface area contributed by atoms with Crippen molar-refractivity contribution < 1.29 is 19.1 Å². The lowest BCUT2D eigenvalue weighted by Gasteiger charge is -2.30. The van der Waals surface area contributed by atoms with Crippen LogP contribution in [0, 0.1) is 5.92 Å². The predicted molar refractivity (Wildman–Crippen MR) is 116 cm³/mol. The zero-order valence-electron chi connectivity index (χ0n) is 18.3. The summed E-state index contributed by atoms with van der Waals surface area (Å²) in [6, 6.07) is 3.83. The van der Waals surface area contributed by atoms with E-state index in [1.54, 1.807) is 4.90 Å². The number of ether oxygens (including phenoxy) is 2. The van der Waals surface area contributed by atoms with Gasteiger partial charge in [0.1, 0.15) is 5.60 Å². The lowest BCUT2D eigenvalue weighted by atomic mass is 9.86. The molecule has 0 saturated carbocycles. The van der Waals surface area contributed by atoms with Crippen molar-refractivity contribution in [3.63, 3.8) is 0 Å². The molecule has 1 aliphatic heterocycles. The van der Waals surface area contributed by atoms with E-state index >= 15 is 0 Å². The van der Waals surface area contributed by atoms with Crippen molar-refractivity contribution in [1.29, 1.82) is 0 Å². The summed E-state index contributed by atoms with van der Waals surface area (Å²) in [6.07, 6.45) is 3.48. The number of benzene rings is 1. The van der Waals surface area contributed by atoms with Crippen LogP contribution in [-0.4, -0.2) is 42.8 Å². The van der Waals surface area contributed by atoms with Gasteiger partial charge in [-0.1, -0.05) is 31.5 Å². The fourth-order valence-electron chi connectivity index (χ4n) is 3.49. The Morgan fingerprint density at radius 3 is 2.38 bits per heavy atom. The van der Waals surface area contributed by atoms with Gasteiger partial charge in [-0.15, -0.1) is 0 Å². The Hall–Kier alpha value is -2.01. The smallest absolute Gasteiger partial charge is 0.410 e. The summed E-state index contributed by atoms with van der Waals surface area (Å²) in [6.45, 7) is 10.9. The number of rotatable bonds is 5. The van der Waals surface area contributed by atoms with E-state index in [2.05, 4.69) is 19.9 Å². The van der Waals surface area contributed by atoms with Crippen LogP contribution >= 0.6 is 11.6 Å². The van der Waals surface area contributed by atoms with E-state index in [1.165, 1.54) is 7.11 Å². The van der Waals surface area contributed by atoms with Gasteiger partial charge in [0.2, 0.25) is 0 Å². The van der Waals surface area contributed by atoms with Crippen LogP contribution in [0.3, 0.4) is 0 Å². The minimum Gasteiger partial charge on any atom is -0.469 e. The molecule has 29 heavy (non-hydrogen) atoms. The van der Waals surface area contributed by atoms with E-state index in [0.29, 0.717) is 30.5 Å². The Balaban J connectivity index is 2.36. The molecule has 0 spiro atoms. The maximum absolute atomic E-state index is 12.4. The molecule has 0 saturated heterocycles. The van der Waals surface area contributed by atoms with E-state index < -0.39 is 5.60 Å². The molecule has 0 aliphatic carbocycles. The molecule has 0 radical (unpaired) electrons. The van der Waals surface area contributed by atoms with Crippen molar-refractivity contribution in [3.8, 4) is 0 Å². The van der Waals surface area contributed by atoms with Crippen LogP contribution in [0.2, 0.25) is 5.02 Å². The molecule has 0 atom stereocenters. The Kier molecular flexibility index (Phi) is 7.75. The Labute approximate surface area is 179 Å². The second kappa shape index (κ2) is 9.66. The molecule has 1 aromatic carbocycles. The number of esters is 1. The van der Waals surface area contributed by atoms with Crippen LogP contribution in [-0.2, 0) is 27.1 Å². The molecular weight excluding hydrogens is 390 g/mol. The fourth-order valence-corrected chi connectivity index (χ4v) is 3.76. The molecule has 0 bridgehead atoms. The van der Waals surface area contributed by atoms with Gasteiger partial charge in [0.25, 0.3) is 0 Å². The lowest BCUT2D eigenvalue weighted by molar-refractivity contribution is -0.139. The van der Waals surface area contributed by atoms with Crippen molar-refractivity contribution in [1.82, 2.24) is 4.90 Å². The van der Waals surface area contributed by atoms with Crippen molar-refractivity contribution in [2.75, 3.05) is 20.2 Å². The molecule has 160 valence electrons. The van der Waals surface area contributed by atoms with Crippen LogP contribution in [0.15, 0.2) is 18.2 Å². The van der Waals surface area contributed by atoms with Gasteiger partial charge in [-0.25, -0.2) is 4.79 Å². The van der Waals surface area contributed by atoms with Crippen molar-refractivity contribution >= 4 is 29.2 Å². The highest BCUT2D eigenvalue weighted by Gasteiger charge is 2.26. The van der Waals surface area contributed by atoms with Gasteiger partial charge in [0.15, 0.2) is 0 Å². The second-order valence-electron chi connectivity index (χ2n) is 8.86. The fraction of sp³-hybridized carbons (Fsp3) is 0.565. The molecule has 1 heterocycles. The van der Waals surface area contributed by atoms with Gasteiger partial charge < -0.3 is 14.4 Å². The molecule has 6 heteroatoms. The summed E-state index contributed by atoms with van der Waals surface area (Å²) in [5.41, 5.74) is 3.68. The maximum Gasteiger partial charge on any atom is 0.410 e. The van der Waals surface area contributed by atoms with Gasteiger partial charge >= 0.3 is 12.1 Å². The van der Waals surface area contributed by atoms with E-state index in [0.717, 1.165) is 28.7 Å². The molecule has 0 N–H and O–H groups in total. The van der Waals surface area contributed by atoms with Crippen LogP contribution in [0.25, 0.3) is 5.57 Å². The molecule has 5 nitrogen and oxygen atoms in total. The molecule has 1 amide bonds. The first kappa shape index (κ1) is 23.3. The monoisotopic (exact) mass is 421 g/mol. The molecule has 1 aromatic rings. The van der Waals surface area contributed by atoms with Crippen LogP contribution in [0.4, 0.5) is 4.79 Å². The zero-order chi connectivity index (χ0) is 21.8. The summed E-state index contributed by atoms with van der Waals surface area (Å²) >= 11 is 6.36. The largest absolute Gasteiger partial charge is 0.469 e. The van der Waals surface area contributed by atoms with Crippen molar-refractivity contribution in [2.24, 2.45) is 5.92 Å². The number of hydrogen-bond donors (Lipinski definition) is 0. The molecule has 2 rings (SSSR count). The number of amides is 1. The summed E-state index contributed by atoms with van der Waals surface area (Å²) in [7, 11) is 1.39. The van der Waals surface area contributed by atoms with E-state index in [9.17, 15) is 9.59 Å². The number of hydrogen-bond acceptors (Lipinski definition) is 4. The highest BCUT2D eigenvalue weighted by Crippen LogP contribution is 2.33. The standard InChI is InChI=1S/C23H32ClNO4/c1-15(2)11-17-12-19(24)13-18(14-20(26)28-6)21(17)16-7-9-25(10-8-16)22(27)29-23(3,4)5/h7,12-13,15H,8-11,14H2,1-6H3. The molecular formula is C23H32ClNO4. The van der Waals surface area contributed by atoms with Gasteiger partial charge in [0, 0.05) is 18.1 Å². The average Bonchev–Trinajstić information content (AvgIpc) is 2.59. The Bertz CT molecular complexity index is 793. The van der Waals surface area contributed by atoms with Gasteiger partial charge in [-0.05, 0) is 73.9 Å². The SMILES string of the molecule is COC(=O)Cc1cc(Cl)cc(CC(C)C)c1C1=CCN(C(=O)OC(C)(C)C)CC1. The average molecular weight is 422 g/mol. The predicted octanol–water partition coefficient (Wildman–Crippen LogP) is 5.28. The first-order valence-electron chi connectivity index (χ1n) is 10.1. The zero-order valence-corrected chi connectivity index (χ0v) is 19.1. The normalized spacial score (nSPS) is 14.6. The minimum atomic E-state index is -0.518. The van der Waals surface area contributed by atoms with Crippen molar-refractivity contribution in [2.45, 2.75) is 59.5 Å². The third-order valence-corrected chi connectivity index (χ3v) is 4.86. The number of halogens is 1. The van der Waals surface area contributed by atoms with Crippen molar-refractivity contribution in [3.05, 3.63) is 39.9 Å². The molecule has 0 fully saturated rings. The summed E-state index contributed by atoms with van der Waals surface area (Å²) in [5, 5.41) is 0.620. The van der Waals surface area contributed by atoms with Gasteiger partial charge in [-0.3, -0.25) is 4.79 Å². The molecule has 0 aromatic heterocycles. The third-order valence-electron chi connectivity index (χ3n) is 4.64. The number of carbonyl (C=O) groups excluding carboxylic acids is 2. The quantitative estimate of drug-likeness (QED) is 0.607. The second-order valence-corrected chi connectivity index (χ2v) is 9.29. The van der Waals surface area contributed by atoms with E-state index in [4.69, 9.17) is 21.1 Å². The Morgan fingerprint density at radius 1 is 1.21 bits per heavy atom. The van der Waals surface area contributed by atoms with Crippen LogP contribution < -0.4 is 0 Å². The highest BCUT2D eigenvalue weighted by atomic mass is 35.5. The van der Waals surface area contributed by atoms with Crippen LogP contribution in [0.5, 0.6) is 0 Å². The number of methoxy groups -OCH3 is 1. The minimum absolute atomic E-state index is 0.171. The van der Waals surface area contributed by atoms with Crippen LogP contribution in [0.1, 0.15) is 57.7 Å². The highest BCUT2D eigenvalue weighted by molar-refractivity contribution is 6.30. The lowest BCUT2D eigenvalue weighted by Crippen LogP contribution is -2.39. The number of nitrogens with zero attached hydrogens (tertiary/aromatic N) is 1. The molecule has 1 aliphatic rings. The maximum atomic E-state index is 12.4. The van der Waals surface area contributed by atoms with E-state index in [1.807, 2.05) is 32.9 Å². The first-order valence-corrected chi connectivity index (χ1v) is 10.4. The molecule has 0 unspecified atom stereocenters. The first-order chi connectivity index (χ1) is 13.5. The summed E-state index contributed by atoms with van der Waals surface area (Å²) in [4.78, 5) is 26.0. The topological polar surface area (TPSA) is 55.8 Å². The van der Waals surface area contributed by atoms with Gasteiger partial charge in [-0.2, -0.15) is 0 Å². The van der Waals surface area contributed by atoms with E-state index in [-0.39, 0.29) is 18.5 Å². The number of carbonyl (C=O) groups is 2.